The van der Waals surface area contributed by atoms with Crippen molar-refractivity contribution >= 4 is 22.9 Å². The maximum absolute atomic E-state index is 13.2. The number of nitrogens with one attached hydrogen (secondary N) is 1. The third-order valence-electron chi connectivity index (χ3n) is 2.81. The lowest BCUT2D eigenvalue weighted by molar-refractivity contribution is 0.0951. The van der Waals surface area contributed by atoms with Crippen LogP contribution in [-0.2, 0) is 13.0 Å². The van der Waals surface area contributed by atoms with Crippen molar-refractivity contribution in [2.75, 3.05) is 5.73 Å². The zero-order valence-corrected chi connectivity index (χ0v) is 11.4. The molecule has 0 fully saturated rings. The minimum absolute atomic E-state index is 0.243. The number of anilines is 1. The number of rotatable bonds is 4. The minimum atomic E-state index is -0.504. The Morgan fingerprint density at radius 3 is 2.89 bits per heavy atom. The first-order valence-electron chi connectivity index (χ1n) is 5.99. The van der Waals surface area contributed by atoms with Crippen LogP contribution in [0.2, 0.25) is 0 Å². The van der Waals surface area contributed by atoms with Crippen LogP contribution in [0.25, 0.3) is 0 Å². The van der Waals surface area contributed by atoms with Gasteiger partial charge in [0.15, 0.2) is 0 Å². The van der Waals surface area contributed by atoms with Crippen LogP contribution in [0.1, 0.15) is 27.7 Å². The molecule has 0 aliphatic heterocycles. The van der Waals surface area contributed by atoms with Gasteiger partial charge in [0.2, 0.25) is 0 Å². The van der Waals surface area contributed by atoms with E-state index in [0.29, 0.717) is 6.54 Å². The van der Waals surface area contributed by atoms with Gasteiger partial charge in [0.1, 0.15) is 5.82 Å². The fourth-order valence-corrected chi connectivity index (χ4v) is 2.76. The highest BCUT2D eigenvalue weighted by atomic mass is 32.1. The Labute approximate surface area is 115 Å². The summed E-state index contributed by atoms with van der Waals surface area (Å²) in [5.41, 5.74) is 7.23. The van der Waals surface area contributed by atoms with Gasteiger partial charge in [-0.1, -0.05) is 6.92 Å². The number of hydrogen-bond acceptors (Lipinski definition) is 3. The van der Waals surface area contributed by atoms with Crippen molar-refractivity contribution in [2.24, 2.45) is 0 Å². The minimum Gasteiger partial charge on any atom is -0.399 e. The fourth-order valence-electron chi connectivity index (χ4n) is 1.84. The van der Waals surface area contributed by atoms with Crippen molar-refractivity contribution in [3.05, 3.63) is 51.5 Å². The van der Waals surface area contributed by atoms with Gasteiger partial charge in [-0.05, 0) is 41.6 Å². The summed E-state index contributed by atoms with van der Waals surface area (Å²) in [6.45, 7) is 2.52. The van der Waals surface area contributed by atoms with Crippen LogP contribution in [0.3, 0.4) is 0 Å². The van der Waals surface area contributed by atoms with Gasteiger partial charge in [-0.2, -0.15) is 0 Å². The molecule has 0 spiro atoms. The fraction of sp³-hybridized carbons (Fsp3) is 0.214. The summed E-state index contributed by atoms with van der Waals surface area (Å²) in [6.07, 6.45) is 0.932. The highest BCUT2D eigenvalue weighted by Crippen LogP contribution is 2.17. The average molecular weight is 278 g/mol. The smallest absolute Gasteiger partial charge is 0.251 e. The van der Waals surface area contributed by atoms with Crippen LogP contribution in [0, 0.1) is 5.82 Å². The Balaban J connectivity index is 2.05. The molecule has 5 heteroatoms. The van der Waals surface area contributed by atoms with Gasteiger partial charge < -0.3 is 11.1 Å². The van der Waals surface area contributed by atoms with Crippen molar-refractivity contribution in [1.29, 1.82) is 0 Å². The van der Waals surface area contributed by atoms with Crippen LogP contribution in [-0.4, -0.2) is 5.91 Å². The van der Waals surface area contributed by atoms with E-state index in [9.17, 15) is 9.18 Å². The number of thiophene rings is 1. The Morgan fingerprint density at radius 1 is 1.42 bits per heavy atom. The standard InChI is InChI=1S/C14H15FN2OS/c1-2-9-3-4-19-13(9)8-17-14(18)10-5-11(15)7-12(16)6-10/h3-7H,2,8,16H2,1H3,(H,17,18). The van der Waals surface area contributed by atoms with Gasteiger partial charge in [0.05, 0.1) is 6.54 Å². The molecular formula is C14H15FN2OS. The van der Waals surface area contributed by atoms with Gasteiger partial charge in [0, 0.05) is 16.1 Å². The molecule has 2 aromatic rings. The average Bonchev–Trinajstić information content (AvgIpc) is 2.82. The Morgan fingerprint density at radius 2 is 2.21 bits per heavy atom. The molecule has 19 heavy (non-hydrogen) atoms. The molecular weight excluding hydrogens is 263 g/mol. The molecule has 2 rings (SSSR count). The SMILES string of the molecule is CCc1ccsc1CNC(=O)c1cc(N)cc(F)c1. The molecule has 0 aliphatic carbocycles. The van der Waals surface area contributed by atoms with E-state index in [2.05, 4.69) is 12.2 Å². The van der Waals surface area contributed by atoms with Gasteiger partial charge in [-0.15, -0.1) is 11.3 Å². The Bertz CT molecular complexity index is 575. The number of carbonyl (C=O) groups is 1. The molecule has 0 bridgehead atoms. The van der Waals surface area contributed by atoms with Gasteiger partial charge in [0.25, 0.3) is 5.91 Å². The highest BCUT2D eigenvalue weighted by molar-refractivity contribution is 7.10. The van der Waals surface area contributed by atoms with E-state index in [1.54, 1.807) is 11.3 Å². The van der Waals surface area contributed by atoms with Gasteiger partial charge in [-0.3, -0.25) is 4.79 Å². The van der Waals surface area contributed by atoms with E-state index < -0.39 is 5.82 Å². The zero-order chi connectivity index (χ0) is 13.8. The Kier molecular flexibility index (Phi) is 4.16. The zero-order valence-electron chi connectivity index (χ0n) is 10.6. The first-order valence-corrected chi connectivity index (χ1v) is 6.87. The van der Waals surface area contributed by atoms with Crippen molar-refractivity contribution in [2.45, 2.75) is 19.9 Å². The number of nitrogens with two attached hydrogens (primary N) is 1. The van der Waals surface area contributed by atoms with E-state index in [1.165, 1.54) is 23.8 Å². The molecule has 0 radical (unpaired) electrons. The predicted octanol–water partition coefficient (Wildman–Crippen LogP) is 2.96. The maximum Gasteiger partial charge on any atom is 0.251 e. The number of nitrogen functional groups attached to an aromatic ring is 1. The molecule has 1 aromatic carbocycles. The number of carbonyl (C=O) groups excluding carboxylic acids is 1. The highest BCUT2D eigenvalue weighted by Gasteiger charge is 2.09. The number of benzene rings is 1. The molecule has 0 saturated heterocycles. The van der Waals surface area contributed by atoms with Crippen LogP contribution in [0.4, 0.5) is 10.1 Å². The van der Waals surface area contributed by atoms with Crippen LogP contribution in [0.5, 0.6) is 0 Å². The monoisotopic (exact) mass is 278 g/mol. The molecule has 0 unspecified atom stereocenters. The Hall–Kier alpha value is -1.88. The first-order chi connectivity index (χ1) is 9.10. The summed E-state index contributed by atoms with van der Waals surface area (Å²) in [6, 6.07) is 5.88. The summed E-state index contributed by atoms with van der Waals surface area (Å²) in [5.74, 6) is -0.822. The van der Waals surface area contributed by atoms with Crippen molar-refractivity contribution in [1.82, 2.24) is 5.32 Å². The molecule has 0 atom stereocenters. The van der Waals surface area contributed by atoms with E-state index >= 15 is 0 Å². The van der Waals surface area contributed by atoms with Crippen molar-refractivity contribution in [3.63, 3.8) is 0 Å². The normalized spacial score (nSPS) is 10.4. The van der Waals surface area contributed by atoms with Crippen LogP contribution >= 0.6 is 11.3 Å². The number of aryl methyl sites for hydroxylation is 1. The van der Waals surface area contributed by atoms with Crippen LogP contribution < -0.4 is 11.1 Å². The first kappa shape index (κ1) is 13.5. The lowest BCUT2D eigenvalue weighted by Gasteiger charge is -2.06. The lowest BCUT2D eigenvalue weighted by atomic mass is 10.1. The topological polar surface area (TPSA) is 55.1 Å². The lowest BCUT2D eigenvalue weighted by Crippen LogP contribution is -2.23. The molecule has 1 aromatic heterocycles. The summed E-state index contributed by atoms with van der Waals surface area (Å²) in [4.78, 5) is 13.0. The predicted molar refractivity (Wildman–Crippen MR) is 75.7 cm³/mol. The second-order valence-electron chi connectivity index (χ2n) is 4.18. The van der Waals surface area contributed by atoms with Crippen LogP contribution in [0.15, 0.2) is 29.6 Å². The van der Waals surface area contributed by atoms with Crippen molar-refractivity contribution < 1.29 is 9.18 Å². The molecule has 1 amide bonds. The third kappa shape index (κ3) is 3.32. The molecule has 0 aliphatic rings. The van der Waals surface area contributed by atoms with E-state index in [0.717, 1.165) is 11.3 Å². The number of amides is 1. The molecule has 100 valence electrons. The maximum atomic E-state index is 13.2. The van der Waals surface area contributed by atoms with Gasteiger partial charge in [-0.25, -0.2) is 4.39 Å². The second kappa shape index (κ2) is 5.84. The second-order valence-corrected chi connectivity index (χ2v) is 5.18. The number of hydrogen-bond donors (Lipinski definition) is 2. The van der Waals surface area contributed by atoms with Gasteiger partial charge >= 0.3 is 0 Å². The largest absolute Gasteiger partial charge is 0.399 e. The quantitative estimate of drug-likeness (QED) is 0.845. The van der Waals surface area contributed by atoms with E-state index in [-0.39, 0.29) is 17.2 Å². The molecule has 3 nitrogen and oxygen atoms in total. The summed E-state index contributed by atoms with van der Waals surface area (Å²) >= 11 is 1.60. The third-order valence-corrected chi connectivity index (χ3v) is 3.77. The molecule has 1 heterocycles. The number of halogens is 1. The summed E-state index contributed by atoms with van der Waals surface area (Å²) in [7, 11) is 0. The molecule has 3 N–H and O–H groups in total. The summed E-state index contributed by atoms with van der Waals surface area (Å²) in [5, 5.41) is 4.78. The van der Waals surface area contributed by atoms with E-state index in [4.69, 9.17) is 5.73 Å². The van der Waals surface area contributed by atoms with E-state index in [1.807, 2.05) is 11.4 Å². The molecule has 0 saturated carbocycles. The summed E-state index contributed by atoms with van der Waals surface area (Å²) < 4.78 is 13.2. The van der Waals surface area contributed by atoms with Crippen molar-refractivity contribution in [3.8, 4) is 0 Å².